The third kappa shape index (κ3) is 2.58. The Morgan fingerprint density at radius 2 is 2.12 bits per heavy atom. The lowest BCUT2D eigenvalue weighted by Crippen LogP contribution is -2.24. The molecule has 4 heteroatoms. The summed E-state index contributed by atoms with van der Waals surface area (Å²) in [5, 5.41) is 0. The van der Waals surface area contributed by atoms with Crippen molar-refractivity contribution in [3.63, 3.8) is 0 Å². The maximum atomic E-state index is 11.4. The summed E-state index contributed by atoms with van der Waals surface area (Å²) in [6.07, 6.45) is 1.30. The van der Waals surface area contributed by atoms with E-state index in [2.05, 4.69) is 6.58 Å². The van der Waals surface area contributed by atoms with Gasteiger partial charge in [0.25, 0.3) is 0 Å². The van der Waals surface area contributed by atoms with E-state index in [1.807, 2.05) is 18.2 Å². The summed E-state index contributed by atoms with van der Waals surface area (Å²) in [5.74, 6) is 1.41. The number of hydrogen-bond acceptors (Lipinski definition) is 3. The van der Waals surface area contributed by atoms with Crippen molar-refractivity contribution in [2.75, 3.05) is 20.3 Å². The van der Waals surface area contributed by atoms with Gasteiger partial charge in [0.1, 0.15) is 13.2 Å². The van der Waals surface area contributed by atoms with Gasteiger partial charge in [-0.05, 0) is 23.8 Å². The highest BCUT2D eigenvalue weighted by Crippen LogP contribution is 2.30. The van der Waals surface area contributed by atoms with E-state index in [4.69, 9.17) is 9.47 Å². The Kier molecular flexibility index (Phi) is 3.32. The Balaban J connectivity index is 2.12. The van der Waals surface area contributed by atoms with Gasteiger partial charge in [0.15, 0.2) is 11.5 Å². The Labute approximate surface area is 100 Å². The molecule has 0 saturated heterocycles. The smallest absolute Gasteiger partial charge is 0.245 e. The number of likely N-dealkylation sites (N-methyl/N-ethyl adjacent to an activating group) is 1. The number of benzene rings is 1. The first-order valence-electron chi connectivity index (χ1n) is 5.47. The molecular weight excluding hydrogens is 218 g/mol. The number of rotatable bonds is 3. The minimum absolute atomic E-state index is 0.0973. The lowest BCUT2D eigenvalue weighted by atomic mass is 10.2. The van der Waals surface area contributed by atoms with Gasteiger partial charge in [0.05, 0.1) is 0 Å². The summed E-state index contributed by atoms with van der Waals surface area (Å²) in [7, 11) is 1.74. The number of nitrogens with zero attached hydrogens (tertiary/aromatic N) is 1. The molecule has 0 unspecified atom stereocenters. The fourth-order valence-electron chi connectivity index (χ4n) is 1.69. The van der Waals surface area contributed by atoms with Crippen LogP contribution in [0.4, 0.5) is 0 Å². The summed E-state index contributed by atoms with van der Waals surface area (Å²) in [5.41, 5.74) is 1.01. The Morgan fingerprint density at radius 1 is 1.41 bits per heavy atom. The van der Waals surface area contributed by atoms with Crippen LogP contribution in [-0.4, -0.2) is 31.1 Å². The van der Waals surface area contributed by atoms with Gasteiger partial charge in [-0.2, -0.15) is 0 Å². The van der Waals surface area contributed by atoms with Gasteiger partial charge in [-0.3, -0.25) is 4.79 Å². The van der Waals surface area contributed by atoms with Gasteiger partial charge >= 0.3 is 0 Å². The molecule has 2 rings (SSSR count). The predicted molar refractivity (Wildman–Crippen MR) is 64.1 cm³/mol. The summed E-state index contributed by atoms with van der Waals surface area (Å²) in [6, 6.07) is 5.71. The van der Waals surface area contributed by atoms with Crippen LogP contribution in [0, 0.1) is 0 Å². The summed E-state index contributed by atoms with van der Waals surface area (Å²) >= 11 is 0. The standard InChI is InChI=1S/C13H15NO3/c1-3-13(15)14(2)9-10-4-5-11-12(8-10)17-7-6-16-11/h3-5,8H,1,6-7,9H2,2H3. The number of ether oxygens (including phenoxy) is 2. The second-order valence-corrected chi connectivity index (χ2v) is 3.88. The third-order valence-corrected chi connectivity index (χ3v) is 2.58. The molecule has 1 aromatic rings. The van der Waals surface area contributed by atoms with Gasteiger partial charge in [0.2, 0.25) is 5.91 Å². The molecule has 17 heavy (non-hydrogen) atoms. The molecular formula is C13H15NO3. The lowest BCUT2D eigenvalue weighted by Gasteiger charge is -2.20. The van der Waals surface area contributed by atoms with Crippen molar-refractivity contribution in [3.05, 3.63) is 36.4 Å². The van der Waals surface area contributed by atoms with Crippen molar-refractivity contribution in [2.24, 2.45) is 0 Å². The number of carbonyl (C=O) groups excluding carboxylic acids is 1. The van der Waals surface area contributed by atoms with Crippen LogP contribution in [0.25, 0.3) is 0 Å². The third-order valence-electron chi connectivity index (χ3n) is 2.58. The van der Waals surface area contributed by atoms with E-state index in [1.54, 1.807) is 11.9 Å². The van der Waals surface area contributed by atoms with E-state index in [9.17, 15) is 4.79 Å². The van der Waals surface area contributed by atoms with E-state index in [-0.39, 0.29) is 5.91 Å². The summed E-state index contributed by atoms with van der Waals surface area (Å²) < 4.78 is 10.9. The number of hydrogen-bond donors (Lipinski definition) is 0. The van der Waals surface area contributed by atoms with Gasteiger partial charge in [0, 0.05) is 13.6 Å². The average molecular weight is 233 g/mol. The van der Waals surface area contributed by atoms with Crippen LogP contribution in [0.2, 0.25) is 0 Å². The SMILES string of the molecule is C=CC(=O)N(C)Cc1ccc2c(c1)OCCO2. The van der Waals surface area contributed by atoms with E-state index in [1.165, 1.54) is 6.08 Å². The van der Waals surface area contributed by atoms with Crippen LogP contribution in [0.3, 0.4) is 0 Å². The van der Waals surface area contributed by atoms with Gasteiger partial charge in [-0.15, -0.1) is 0 Å². The first kappa shape index (κ1) is 11.5. The fraction of sp³-hybridized carbons (Fsp3) is 0.308. The van der Waals surface area contributed by atoms with E-state index >= 15 is 0 Å². The highest BCUT2D eigenvalue weighted by atomic mass is 16.6. The minimum Gasteiger partial charge on any atom is -0.486 e. The van der Waals surface area contributed by atoms with Crippen LogP contribution in [0.5, 0.6) is 11.5 Å². The molecule has 4 nitrogen and oxygen atoms in total. The zero-order valence-corrected chi connectivity index (χ0v) is 9.81. The maximum Gasteiger partial charge on any atom is 0.245 e. The van der Waals surface area contributed by atoms with Crippen LogP contribution >= 0.6 is 0 Å². The molecule has 90 valence electrons. The summed E-state index contributed by atoms with van der Waals surface area (Å²) in [4.78, 5) is 13.0. The number of fused-ring (bicyclic) bond motifs is 1. The highest BCUT2D eigenvalue weighted by Gasteiger charge is 2.13. The molecule has 0 aromatic heterocycles. The van der Waals surface area contributed by atoms with Crippen molar-refractivity contribution < 1.29 is 14.3 Å². The molecule has 0 N–H and O–H groups in total. The van der Waals surface area contributed by atoms with Crippen LogP contribution in [-0.2, 0) is 11.3 Å². The summed E-state index contributed by atoms with van der Waals surface area (Å²) in [6.45, 7) is 5.14. The van der Waals surface area contributed by atoms with Crippen LogP contribution in [0.1, 0.15) is 5.56 Å². The topological polar surface area (TPSA) is 38.8 Å². The molecule has 0 saturated carbocycles. The van der Waals surface area contributed by atoms with Crippen LogP contribution in [0.15, 0.2) is 30.9 Å². The second-order valence-electron chi connectivity index (χ2n) is 3.88. The molecule has 1 aromatic carbocycles. The maximum absolute atomic E-state index is 11.4. The Bertz CT molecular complexity index is 442. The largest absolute Gasteiger partial charge is 0.486 e. The number of carbonyl (C=O) groups is 1. The molecule has 0 fully saturated rings. The predicted octanol–water partition coefficient (Wildman–Crippen LogP) is 1.60. The first-order chi connectivity index (χ1) is 8.20. The van der Waals surface area contributed by atoms with Crippen molar-refractivity contribution >= 4 is 5.91 Å². The minimum atomic E-state index is -0.0973. The second kappa shape index (κ2) is 4.91. The van der Waals surface area contributed by atoms with Crippen molar-refractivity contribution in [1.82, 2.24) is 4.90 Å². The highest BCUT2D eigenvalue weighted by molar-refractivity contribution is 5.86. The molecule has 1 aliphatic rings. The first-order valence-corrected chi connectivity index (χ1v) is 5.47. The van der Waals surface area contributed by atoms with E-state index < -0.39 is 0 Å². The van der Waals surface area contributed by atoms with Crippen molar-refractivity contribution in [1.29, 1.82) is 0 Å². The van der Waals surface area contributed by atoms with E-state index in [0.717, 1.165) is 17.1 Å². The van der Waals surface area contributed by atoms with Crippen molar-refractivity contribution in [2.45, 2.75) is 6.54 Å². The Morgan fingerprint density at radius 3 is 2.82 bits per heavy atom. The van der Waals surface area contributed by atoms with E-state index in [0.29, 0.717) is 19.8 Å². The van der Waals surface area contributed by atoms with Gasteiger partial charge < -0.3 is 14.4 Å². The zero-order chi connectivity index (χ0) is 12.3. The quantitative estimate of drug-likeness (QED) is 0.744. The molecule has 0 bridgehead atoms. The Hall–Kier alpha value is -1.97. The molecule has 0 atom stereocenters. The molecule has 0 radical (unpaired) electrons. The van der Waals surface area contributed by atoms with Crippen molar-refractivity contribution in [3.8, 4) is 11.5 Å². The molecule has 1 aliphatic heterocycles. The fourth-order valence-corrected chi connectivity index (χ4v) is 1.69. The molecule has 1 heterocycles. The molecule has 0 aliphatic carbocycles. The van der Waals surface area contributed by atoms with Gasteiger partial charge in [-0.1, -0.05) is 12.6 Å². The van der Waals surface area contributed by atoms with Crippen LogP contribution < -0.4 is 9.47 Å². The number of amides is 1. The molecule has 0 spiro atoms. The van der Waals surface area contributed by atoms with Gasteiger partial charge in [-0.25, -0.2) is 0 Å². The normalized spacial score (nSPS) is 13.0. The molecule has 1 amide bonds. The lowest BCUT2D eigenvalue weighted by molar-refractivity contribution is -0.125. The average Bonchev–Trinajstić information content (AvgIpc) is 2.37. The monoisotopic (exact) mass is 233 g/mol. The zero-order valence-electron chi connectivity index (χ0n) is 9.81.